The average Bonchev–Trinajstić information content (AvgIpc) is 2.67. The Hall–Kier alpha value is -2.80. The van der Waals surface area contributed by atoms with Gasteiger partial charge in [0.15, 0.2) is 11.5 Å². The van der Waals surface area contributed by atoms with Crippen molar-refractivity contribution in [3.05, 3.63) is 52.8 Å². The van der Waals surface area contributed by atoms with Gasteiger partial charge in [-0.2, -0.15) is 0 Å². The molecule has 2 aromatic rings. The van der Waals surface area contributed by atoms with Crippen LogP contribution in [-0.2, 0) is 4.79 Å². The lowest BCUT2D eigenvalue weighted by atomic mass is 10.1. The summed E-state index contributed by atoms with van der Waals surface area (Å²) in [5.74, 6) is 0.496. The largest absolute Gasteiger partial charge is 0.490 e. The lowest BCUT2D eigenvalue weighted by Gasteiger charge is -2.17. The van der Waals surface area contributed by atoms with E-state index in [0.29, 0.717) is 29.7 Å². The highest BCUT2D eigenvalue weighted by atomic mass is 35.5. The minimum absolute atomic E-state index is 0.154. The first kappa shape index (κ1) is 21.5. The topological polar surface area (TPSA) is 89.6 Å². The van der Waals surface area contributed by atoms with Crippen molar-refractivity contribution in [1.29, 1.82) is 0 Å². The van der Waals surface area contributed by atoms with E-state index in [1.165, 1.54) is 12.3 Å². The van der Waals surface area contributed by atoms with Crippen molar-refractivity contribution in [2.45, 2.75) is 26.8 Å². The summed E-state index contributed by atoms with van der Waals surface area (Å²) in [5, 5.41) is 5.76. The van der Waals surface area contributed by atoms with Crippen LogP contribution in [0.25, 0.3) is 0 Å². The fourth-order valence-corrected chi connectivity index (χ4v) is 2.65. The Labute approximate surface area is 169 Å². The number of ether oxygens (including phenoxy) is 2. The molecule has 2 rings (SSSR count). The second kappa shape index (κ2) is 10.5. The van der Waals surface area contributed by atoms with Gasteiger partial charge in [-0.05, 0) is 50.6 Å². The van der Waals surface area contributed by atoms with Crippen molar-refractivity contribution < 1.29 is 19.1 Å². The van der Waals surface area contributed by atoms with Crippen molar-refractivity contribution >= 4 is 23.4 Å². The molecule has 1 aromatic carbocycles. The molecule has 0 unspecified atom stereocenters. The molecule has 7 nitrogen and oxygen atoms in total. The van der Waals surface area contributed by atoms with E-state index in [1.54, 1.807) is 6.07 Å². The van der Waals surface area contributed by atoms with Gasteiger partial charge in [0.1, 0.15) is 5.69 Å². The SMILES string of the molecule is CCOc1ccc([C@H](C)NC(=O)CNC(=O)c2cc(Cl)ccn2)cc1OCC. The zero-order valence-electron chi connectivity index (χ0n) is 16.1. The van der Waals surface area contributed by atoms with E-state index in [1.807, 2.05) is 39.0 Å². The molecule has 0 radical (unpaired) electrons. The third-order valence-electron chi connectivity index (χ3n) is 3.81. The first-order valence-corrected chi connectivity index (χ1v) is 9.41. The normalized spacial score (nSPS) is 11.4. The van der Waals surface area contributed by atoms with Crippen molar-refractivity contribution in [2.75, 3.05) is 19.8 Å². The molecule has 1 heterocycles. The fraction of sp³-hybridized carbons (Fsp3) is 0.350. The van der Waals surface area contributed by atoms with Crippen molar-refractivity contribution in [3.63, 3.8) is 0 Å². The Balaban J connectivity index is 1.94. The van der Waals surface area contributed by atoms with Crippen LogP contribution in [0.1, 0.15) is 42.9 Å². The summed E-state index contributed by atoms with van der Waals surface area (Å²) in [6, 6.07) is 8.26. The molecule has 0 fully saturated rings. The quantitative estimate of drug-likeness (QED) is 0.669. The molecule has 8 heteroatoms. The van der Waals surface area contributed by atoms with Gasteiger partial charge in [-0.3, -0.25) is 14.6 Å². The number of nitrogens with one attached hydrogen (secondary N) is 2. The number of amides is 2. The Bertz CT molecular complexity index is 829. The molecule has 0 bridgehead atoms. The zero-order valence-corrected chi connectivity index (χ0v) is 16.9. The monoisotopic (exact) mass is 405 g/mol. The second-order valence-electron chi connectivity index (χ2n) is 5.90. The fourth-order valence-electron chi connectivity index (χ4n) is 2.49. The number of nitrogens with zero attached hydrogens (tertiary/aromatic N) is 1. The van der Waals surface area contributed by atoms with Gasteiger partial charge in [0.2, 0.25) is 5.91 Å². The molecule has 150 valence electrons. The summed E-state index contributed by atoms with van der Waals surface area (Å²) in [4.78, 5) is 28.1. The molecule has 0 spiro atoms. The van der Waals surface area contributed by atoms with Gasteiger partial charge in [-0.1, -0.05) is 17.7 Å². The Kier molecular flexibility index (Phi) is 8.07. The molecule has 0 saturated carbocycles. The van der Waals surface area contributed by atoms with Crippen molar-refractivity contribution in [3.8, 4) is 11.5 Å². The van der Waals surface area contributed by atoms with Gasteiger partial charge in [0.05, 0.1) is 25.8 Å². The molecule has 0 aliphatic heterocycles. The van der Waals surface area contributed by atoms with E-state index >= 15 is 0 Å². The van der Waals surface area contributed by atoms with Crippen LogP contribution in [0.15, 0.2) is 36.5 Å². The average molecular weight is 406 g/mol. The van der Waals surface area contributed by atoms with Crippen LogP contribution in [0.5, 0.6) is 11.5 Å². The third-order valence-corrected chi connectivity index (χ3v) is 4.04. The van der Waals surface area contributed by atoms with Gasteiger partial charge < -0.3 is 20.1 Å². The number of halogens is 1. The van der Waals surface area contributed by atoms with Crippen LogP contribution in [0, 0.1) is 0 Å². The lowest BCUT2D eigenvalue weighted by Crippen LogP contribution is -2.38. The van der Waals surface area contributed by atoms with Crippen LogP contribution in [0.3, 0.4) is 0 Å². The van der Waals surface area contributed by atoms with Crippen molar-refractivity contribution in [2.24, 2.45) is 0 Å². The Morgan fingerprint density at radius 3 is 2.50 bits per heavy atom. The standard InChI is InChI=1S/C20H24ClN3O4/c1-4-27-17-7-6-14(10-18(17)28-5-2)13(3)24-19(25)12-23-20(26)16-11-15(21)8-9-22-16/h6-11,13H,4-5,12H2,1-3H3,(H,23,26)(H,24,25)/t13-/m0/s1. The van der Waals surface area contributed by atoms with Crippen molar-refractivity contribution in [1.82, 2.24) is 15.6 Å². The van der Waals surface area contributed by atoms with E-state index in [2.05, 4.69) is 15.6 Å². The first-order valence-electron chi connectivity index (χ1n) is 9.03. The van der Waals surface area contributed by atoms with Crippen LogP contribution in [0.2, 0.25) is 5.02 Å². The second-order valence-corrected chi connectivity index (χ2v) is 6.34. The molecule has 0 aliphatic rings. The maximum Gasteiger partial charge on any atom is 0.270 e. The number of hydrogen-bond acceptors (Lipinski definition) is 5. The number of carbonyl (C=O) groups is 2. The van der Waals surface area contributed by atoms with E-state index in [-0.39, 0.29) is 24.2 Å². The summed E-state index contributed by atoms with van der Waals surface area (Å²) in [5.41, 5.74) is 1.02. The molecule has 0 aliphatic carbocycles. The maximum absolute atomic E-state index is 12.2. The number of aromatic nitrogens is 1. The van der Waals surface area contributed by atoms with E-state index in [4.69, 9.17) is 21.1 Å². The Morgan fingerprint density at radius 2 is 1.82 bits per heavy atom. The zero-order chi connectivity index (χ0) is 20.5. The van der Waals surface area contributed by atoms with Gasteiger partial charge in [-0.15, -0.1) is 0 Å². The Morgan fingerprint density at radius 1 is 1.11 bits per heavy atom. The molecule has 0 saturated heterocycles. The molecule has 1 aromatic heterocycles. The predicted octanol–water partition coefficient (Wildman–Crippen LogP) is 3.14. The van der Waals surface area contributed by atoms with Gasteiger partial charge in [0, 0.05) is 11.2 Å². The lowest BCUT2D eigenvalue weighted by molar-refractivity contribution is -0.120. The molecular formula is C20H24ClN3O4. The number of pyridine rings is 1. The summed E-state index contributed by atoms with van der Waals surface area (Å²) in [6.45, 7) is 6.52. The minimum atomic E-state index is -0.468. The summed E-state index contributed by atoms with van der Waals surface area (Å²) in [6.07, 6.45) is 1.43. The molecule has 2 amide bonds. The van der Waals surface area contributed by atoms with Crippen LogP contribution >= 0.6 is 11.6 Å². The van der Waals surface area contributed by atoms with Crippen LogP contribution in [0.4, 0.5) is 0 Å². The number of carbonyl (C=O) groups excluding carboxylic acids is 2. The van der Waals surface area contributed by atoms with Gasteiger partial charge in [0.25, 0.3) is 5.91 Å². The number of rotatable bonds is 9. The van der Waals surface area contributed by atoms with Gasteiger partial charge in [-0.25, -0.2) is 0 Å². The molecule has 1 atom stereocenters. The predicted molar refractivity (Wildman–Crippen MR) is 107 cm³/mol. The molecule has 28 heavy (non-hydrogen) atoms. The van der Waals surface area contributed by atoms with Crippen LogP contribution < -0.4 is 20.1 Å². The first-order chi connectivity index (χ1) is 13.4. The van der Waals surface area contributed by atoms with E-state index < -0.39 is 5.91 Å². The maximum atomic E-state index is 12.2. The minimum Gasteiger partial charge on any atom is -0.490 e. The summed E-state index contributed by atoms with van der Waals surface area (Å²) < 4.78 is 11.2. The summed E-state index contributed by atoms with van der Waals surface area (Å²) >= 11 is 5.84. The summed E-state index contributed by atoms with van der Waals surface area (Å²) in [7, 11) is 0. The van der Waals surface area contributed by atoms with E-state index in [9.17, 15) is 9.59 Å². The highest BCUT2D eigenvalue weighted by Gasteiger charge is 2.15. The number of benzene rings is 1. The molecular weight excluding hydrogens is 382 g/mol. The number of hydrogen-bond donors (Lipinski definition) is 2. The van der Waals surface area contributed by atoms with Crippen LogP contribution in [-0.4, -0.2) is 36.6 Å². The highest BCUT2D eigenvalue weighted by molar-refractivity contribution is 6.30. The smallest absolute Gasteiger partial charge is 0.270 e. The third kappa shape index (κ3) is 6.13. The molecule has 2 N–H and O–H groups in total. The van der Waals surface area contributed by atoms with E-state index in [0.717, 1.165) is 5.56 Å². The highest BCUT2D eigenvalue weighted by Crippen LogP contribution is 2.30. The van der Waals surface area contributed by atoms with Gasteiger partial charge >= 0.3 is 0 Å².